The second kappa shape index (κ2) is 7.69. The Labute approximate surface area is 174 Å². The average molecular weight is 494 g/mol. The normalized spacial score (nSPS) is 15.4. The Morgan fingerprint density at radius 3 is 2.74 bits per heavy atom. The lowest BCUT2D eigenvalue weighted by Gasteiger charge is -2.34. The van der Waals surface area contributed by atoms with Gasteiger partial charge in [0.2, 0.25) is 0 Å². The number of fused-ring (bicyclic) bond motifs is 1. The van der Waals surface area contributed by atoms with Crippen LogP contribution in [0.5, 0.6) is 0 Å². The molecule has 1 amide bonds. The van der Waals surface area contributed by atoms with Crippen LogP contribution in [0.3, 0.4) is 0 Å². The van der Waals surface area contributed by atoms with Crippen LogP contribution in [-0.4, -0.2) is 51.3 Å². The van der Waals surface area contributed by atoms with Crippen molar-refractivity contribution >= 4 is 44.8 Å². The van der Waals surface area contributed by atoms with E-state index in [9.17, 15) is 9.59 Å². The molecule has 0 N–H and O–H groups in total. The van der Waals surface area contributed by atoms with Gasteiger partial charge < -0.3 is 4.90 Å². The summed E-state index contributed by atoms with van der Waals surface area (Å²) >= 11 is 3.73. The van der Waals surface area contributed by atoms with Gasteiger partial charge in [0.05, 0.1) is 5.69 Å². The number of aryl methyl sites for hydroxylation is 1. The van der Waals surface area contributed by atoms with Crippen molar-refractivity contribution < 1.29 is 4.79 Å². The first kappa shape index (κ1) is 18.6. The zero-order chi connectivity index (χ0) is 19.0. The van der Waals surface area contributed by atoms with Gasteiger partial charge in [0.25, 0.3) is 11.5 Å². The van der Waals surface area contributed by atoms with Crippen LogP contribution in [0.1, 0.15) is 21.6 Å². The molecule has 27 heavy (non-hydrogen) atoms. The molecule has 1 aromatic carbocycles. The Bertz CT molecular complexity index is 1050. The summed E-state index contributed by atoms with van der Waals surface area (Å²) in [7, 11) is 0. The standard InChI is InChI=1S/C19H19IN4O2S/c1-13-2-3-14(10-16(13)20)18(26)23-6-4-22(5-7-23)12-15-11-17(25)24-8-9-27-19(24)21-15/h2-3,8-11H,4-7,12H2,1H3. The fourth-order valence-corrected chi connectivity index (χ4v) is 4.47. The number of piperazine rings is 1. The molecule has 1 fully saturated rings. The number of amides is 1. The molecule has 1 saturated heterocycles. The summed E-state index contributed by atoms with van der Waals surface area (Å²) in [4.78, 5) is 34.3. The quantitative estimate of drug-likeness (QED) is 0.526. The molecular formula is C19H19IN4O2S. The number of rotatable bonds is 3. The maximum Gasteiger partial charge on any atom is 0.258 e. The van der Waals surface area contributed by atoms with Gasteiger partial charge in [-0.15, -0.1) is 11.3 Å². The molecule has 3 heterocycles. The second-order valence-corrected chi connectivity index (χ2v) is 8.71. The highest BCUT2D eigenvalue weighted by Crippen LogP contribution is 2.16. The second-order valence-electron chi connectivity index (χ2n) is 6.67. The van der Waals surface area contributed by atoms with Crippen molar-refractivity contribution in [3.05, 3.63) is 66.6 Å². The molecule has 1 aliphatic rings. The van der Waals surface area contributed by atoms with Crippen LogP contribution in [0.25, 0.3) is 4.96 Å². The van der Waals surface area contributed by atoms with Crippen LogP contribution in [0.4, 0.5) is 0 Å². The maximum absolute atomic E-state index is 12.7. The van der Waals surface area contributed by atoms with Crippen LogP contribution < -0.4 is 5.56 Å². The van der Waals surface area contributed by atoms with E-state index in [1.807, 2.05) is 35.4 Å². The largest absolute Gasteiger partial charge is 0.336 e. The summed E-state index contributed by atoms with van der Waals surface area (Å²) in [6.45, 7) is 5.60. The van der Waals surface area contributed by atoms with E-state index in [0.717, 1.165) is 32.9 Å². The third kappa shape index (κ3) is 3.92. The van der Waals surface area contributed by atoms with Crippen LogP contribution in [0.15, 0.2) is 40.6 Å². The summed E-state index contributed by atoms with van der Waals surface area (Å²) in [6.07, 6.45) is 1.75. The molecule has 0 spiro atoms. The van der Waals surface area contributed by atoms with E-state index >= 15 is 0 Å². The third-order valence-corrected chi connectivity index (χ3v) is 6.74. The fourth-order valence-electron chi connectivity index (χ4n) is 3.22. The van der Waals surface area contributed by atoms with Gasteiger partial charge in [-0.05, 0) is 47.2 Å². The minimum atomic E-state index is -0.0426. The average Bonchev–Trinajstić information content (AvgIpc) is 3.13. The predicted molar refractivity (Wildman–Crippen MR) is 114 cm³/mol. The Morgan fingerprint density at radius 2 is 2.00 bits per heavy atom. The zero-order valence-electron chi connectivity index (χ0n) is 14.9. The molecule has 8 heteroatoms. The van der Waals surface area contributed by atoms with Crippen LogP contribution in [-0.2, 0) is 6.54 Å². The minimum Gasteiger partial charge on any atom is -0.336 e. The molecule has 0 aliphatic carbocycles. The van der Waals surface area contributed by atoms with E-state index in [1.54, 1.807) is 16.7 Å². The number of carbonyl (C=O) groups is 1. The Kier molecular flexibility index (Phi) is 5.29. The highest BCUT2D eigenvalue weighted by molar-refractivity contribution is 14.1. The van der Waals surface area contributed by atoms with Crippen LogP contribution >= 0.6 is 33.9 Å². The van der Waals surface area contributed by atoms with Crippen molar-refractivity contribution in [3.63, 3.8) is 0 Å². The van der Waals surface area contributed by atoms with Gasteiger partial charge in [0.15, 0.2) is 4.96 Å². The van der Waals surface area contributed by atoms with Gasteiger partial charge in [-0.3, -0.25) is 18.9 Å². The van der Waals surface area contributed by atoms with Gasteiger partial charge in [-0.25, -0.2) is 4.98 Å². The first-order valence-electron chi connectivity index (χ1n) is 8.75. The van der Waals surface area contributed by atoms with Gasteiger partial charge >= 0.3 is 0 Å². The van der Waals surface area contributed by atoms with Gasteiger partial charge in [-0.1, -0.05) is 6.07 Å². The number of hydrogen-bond donors (Lipinski definition) is 0. The van der Waals surface area contributed by atoms with Crippen molar-refractivity contribution in [1.29, 1.82) is 0 Å². The van der Waals surface area contributed by atoms with E-state index in [4.69, 9.17) is 0 Å². The van der Waals surface area contributed by atoms with Crippen molar-refractivity contribution in [2.45, 2.75) is 13.5 Å². The molecule has 4 rings (SSSR count). The van der Waals surface area contributed by atoms with Gasteiger partial charge in [-0.2, -0.15) is 0 Å². The SMILES string of the molecule is Cc1ccc(C(=O)N2CCN(Cc3cc(=O)n4ccsc4n3)CC2)cc1I. The van der Waals surface area contributed by atoms with E-state index in [0.29, 0.717) is 19.6 Å². The first-order valence-corrected chi connectivity index (χ1v) is 10.7. The van der Waals surface area contributed by atoms with E-state index in [2.05, 4.69) is 32.5 Å². The molecule has 0 saturated carbocycles. The Morgan fingerprint density at radius 1 is 1.22 bits per heavy atom. The van der Waals surface area contributed by atoms with Gasteiger partial charge in [0, 0.05) is 59.5 Å². The lowest BCUT2D eigenvalue weighted by atomic mass is 10.1. The molecule has 0 unspecified atom stereocenters. The predicted octanol–water partition coefficient (Wildman–Crippen LogP) is 2.63. The summed E-state index contributed by atoms with van der Waals surface area (Å²) in [5.74, 6) is 0.0870. The van der Waals surface area contributed by atoms with Crippen LogP contribution in [0.2, 0.25) is 0 Å². The van der Waals surface area contributed by atoms with E-state index in [1.165, 1.54) is 16.9 Å². The Balaban J connectivity index is 1.40. The minimum absolute atomic E-state index is 0.0426. The van der Waals surface area contributed by atoms with Crippen molar-refractivity contribution in [1.82, 2.24) is 19.2 Å². The summed E-state index contributed by atoms with van der Waals surface area (Å²) in [5.41, 5.74) is 2.67. The first-order chi connectivity index (χ1) is 13.0. The molecule has 140 valence electrons. The lowest BCUT2D eigenvalue weighted by molar-refractivity contribution is 0.0627. The molecule has 3 aromatic rings. The number of carbonyl (C=O) groups excluding carboxylic acids is 1. The van der Waals surface area contributed by atoms with E-state index in [-0.39, 0.29) is 11.5 Å². The van der Waals surface area contributed by atoms with E-state index < -0.39 is 0 Å². The van der Waals surface area contributed by atoms with Crippen molar-refractivity contribution in [2.24, 2.45) is 0 Å². The fraction of sp³-hybridized carbons (Fsp3) is 0.316. The lowest BCUT2D eigenvalue weighted by Crippen LogP contribution is -2.48. The van der Waals surface area contributed by atoms with Crippen LogP contribution in [0, 0.1) is 10.5 Å². The molecule has 2 aromatic heterocycles. The molecule has 1 aliphatic heterocycles. The summed E-state index contributed by atoms with van der Waals surface area (Å²) in [5, 5.41) is 1.87. The highest BCUT2D eigenvalue weighted by Gasteiger charge is 2.23. The smallest absolute Gasteiger partial charge is 0.258 e. The van der Waals surface area contributed by atoms with Gasteiger partial charge in [0.1, 0.15) is 0 Å². The van der Waals surface area contributed by atoms with Crippen molar-refractivity contribution in [3.8, 4) is 0 Å². The highest BCUT2D eigenvalue weighted by atomic mass is 127. The number of benzene rings is 1. The molecular weight excluding hydrogens is 475 g/mol. The summed E-state index contributed by atoms with van der Waals surface area (Å²) < 4.78 is 2.67. The molecule has 6 nitrogen and oxygen atoms in total. The maximum atomic E-state index is 12.7. The Hall–Kier alpha value is -1.78. The number of hydrogen-bond acceptors (Lipinski definition) is 5. The molecule has 0 radical (unpaired) electrons. The monoisotopic (exact) mass is 494 g/mol. The number of thiazole rings is 1. The number of nitrogens with zero attached hydrogens (tertiary/aromatic N) is 4. The zero-order valence-corrected chi connectivity index (χ0v) is 17.9. The molecule has 0 bridgehead atoms. The third-order valence-electron chi connectivity index (χ3n) is 4.82. The summed E-state index contributed by atoms with van der Waals surface area (Å²) in [6, 6.07) is 7.46. The van der Waals surface area contributed by atoms with Crippen molar-refractivity contribution in [2.75, 3.05) is 26.2 Å². The number of aromatic nitrogens is 2. The number of halogens is 1. The topological polar surface area (TPSA) is 57.9 Å². The molecule has 0 atom stereocenters.